The summed E-state index contributed by atoms with van der Waals surface area (Å²) in [7, 11) is -0.843. The number of anilines is 2. The maximum Gasteiger partial charge on any atom is 0.251 e. The number of hydrogen-bond donors (Lipinski definition) is 3. The Morgan fingerprint density at radius 3 is 2.63 bits per heavy atom. The van der Waals surface area contributed by atoms with Crippen LogP contribution in [-0.2, 0) is 14.8 Å². The number of piperidine rings is 1. The van der Waals surface area contributed by atoms with Gasteiger partial charge in [-0.05, 0) is 37.5 Å². The number of carbonyl (C=O) groups is 2. The molecule has 30 heavy (non-hydrogen) atoms. The molecular weight excluding hydrogens is 410 g/mol. The van der Waals surface area contributed by atoms with Gasteiger partial charge in [-0.15, -0.1) is 5.10 Å². The minimum Gasteiger partial charge on any atom is -0.343 e. The summed E-state index contributed by atoms with van der Waals surface area (Å²) < 4.78 is 25.5. The zero-order chi connectivity index (χ0) is 21.7. The van der Waals surface area contributed by atoms with Gasteiger partial charge in [0.1, 0.15) is 0 Å². The van der Waals surface area contributed by atoms with Crippen LogP contribution in [0.4, 0.5) is 11.9 Å². The number of hydrogen-bond acceptors (Lipinski definition) is 7. The van der Waals surface area contributed by atoms with Crippen molar-refractivity contribution in [3.05, 3.63) is 29.8 Å². The molecule has 0 saturated carbocycles. The van der Waals surface area contributed by atoms with Crippen molar-refractivity contribution in [1.82, 2.24) is 24.8 Å². The zero-order valence-electron chi connectivity index (χ0n) is 16.9. The van der Waals surface area contributed by atoms with Gasteiger partial charge in [0.05, 0.1) is 11.4 Å². The van der Waals surface area contributed by atoms with Crippen LogP contribution < -0.4 is 15.5 Å². The van der Waals surface area contributed by atoms with Crippen molar-refractivity contribution in [2.45, 2.75) is 24.2 Å². The third kappa shape index (κ3) is 5.13. The molecule has 3 rings (SSSR count). The maximum absolute atomic E-state index is 12.3. The maximum atomic E-state index is 12.3. The Labute approximate surface area is 174 Å². The smallest absolute Gasteiger partial charge is 0.251 e. The molecule has 0 spiro atoms. The van der Waals surface area contributed by atoms with Crippen LogP contribution in [0.25, 0.3) is 0 Å². The SMILES string of the molecule is CN(C)S(=O)(=O)c1cccc(C(=O)NCC(=O)Nc2nc(N3CCCCC3)n[nH]2)c1. The summed E-state index contributed by atoms with van der Waals surface area (Å²) in [4.78, 5) is 30.7. The monoisotopic (exact) mass is 435 g/mol. The van der Waals surface area contributed by atoms with Crippen LogP contribution in [0.1, 0.15) is 29.6 Å². The van der Waals surface area contributed by atoms with E-state index >= 15 is 0 Å². The molecule has 1 aliphatic heterocycles. The lowest BCUT2D eigenvalue weighted by Gasteiger charge is -2.24. The lowest BCUT2D eigenvalue weighted by molar-refractivity contribution is -0.115. The van der Waals surface area contributed by atoms with Crippen LogP contribution in [0.2, 0.25) is 0 Å². The Balaban J connectivity index is 1.55. The van der Waals surface area contributed by atoms with E-state index in [1.165, 1.54) is 44.8 Å². The zero-order valence-corrected chi connectivity index (χ0v) is 17.7. The first kappa shape index (κ1) is 21.7. The van der Waals surface area contributed by atoms with E-state index in [0.29, 0.717) is 5.95 Å². The van der Waals surface area contributed by atoms with Gasteiger partial charge in [-0.1, -0.05) is 6.07 Å². The van der Waals surface area contributed by atoms with E-state index in [1.807, 2.05) is 4.90 Å². The summed E-state index contributed by atoms with van der Waals surface area (Å²) in [6.07, 6.45) is 3.35. The van der Waals surface area contributed by atoms with E-state index < -0.39 is 21.8 Å². The average Bonchev–Trinajstić information content (AvgIpc) is 3.21. The molecule has 2 aromatic rings. The summed E-state index contributed by atoms with van der Waals surface area (Å²) in [6.45, 7) is 1.46. The van der Waals surface area contributed by atoms with Crippen molar-refractivity contribution in [2.24, 2.45) is 0 Å². The lowest BCUT2D eigenvalue weighted by atomic mass is 10.1. The average molecular weight is 436 g/mol. The first-order chi connectivity index (χ1) is 14.3. The van der Waals surface area contributed by atoms with Crippen molar-refractivity contribution in [1.29, 1.82) is 0 Å². The van der Waals surface area contributed by atoms with Crippen molar-refractivity contribution < 1.29 is 18.0 Å². The number of rotatable bonds is 7. The second-order valence-corrected chi connectivity index (χ2v) is 9.23. The summed E-state index contributed by atoms with van der Waals surface area (Å²) in [5.74, 6) is -0.309. The second-order valence-electron chi connectivity index (χ2n) is 7.08. The van der Waals surface area contributed by atoms with E-state index in [-0.39, 0.29) is 23.0 Å². The van der Waals surface area contributed by atoms with E-state index in [0.717, 1.165) is 30.2 Å². The molecular formula is C18H25N7O4S. The highest BCUT2D eigenvalue weighted by molar-refractivity contribution is 7.89. The molecule has 162 valence electrons. The Morgan fingerprint density at radius 1 is 1.20 bits per heavy atom. The van der Waals surface area contributed by atoms with Crippen molar-refractivity contribution in [2.75, 3.05) is 43.9 Å². The molecule has 1 saturated heterocycles. The first-order valence-electron chi connectivity index (χ1n) is 9.55. The number of nitrogens with zero attached hydrogens (tertiary/aromatic N) is 4. The van der Waals surface area contributed by atoms with Crippen LogP contribution in [0.5, 0.6) is 0 Å². The van der Waals surface area contributed by atoms with Gasteiger partial charge < -0.3 is 10.2 Å². The fourth-order valence-corrected chi connectivity index (χ4v) is 3.94. The van der Waals surface area contributed by atoms with Crippen molar-refractivity contribution >= 4 is 33.7 Å². The number of amides is 2. The van der Waals surface area contributed by atoms with E-state index in [2.05, 4.69) is 25.8 Å². The summed E-state index contributed by atoms with van der Waals surface area (Å²) >= 11 is 0. The van der Waals surface area contributed by atoms with Gasteiger partial charge in [-0.25, -0.2) is 17.8 Å². The third-order valence-electron chi connectivity index (χ3n) is 4.65. The fourth-order valence-electron chi connectivity index (χ4n) is 2.99. The summed E-state index contributed by atoms with van der Waals surface area (Å²) in [6, 6.07) is 5.62. The molecule has 1 aromatic heterocycles. The minimum atomic E-state index is -3.66. The number of H-pyrrole nitrogens is 1. The second kappa shape index (κ2) is 9.22. The predicted molar refractivity (Wildman–Crippen MR) is 111 cm³/mol. The van der Waals surface area contributed by atoms with Gasteiger partial charge in [-0.2, -0.15) is 4.98 Å². The van der Waals surface area contributed by atoms with Gasteiger partial charge in [-0.3, -0.25) is 14.9 Å². The fraction of sp³-hybridized carbons (Fsp3) is 0.444. The van der Waals surface area contributed by atoms with Crippen LogP contribution in [0.3, 0.4) is 0 Å². The molecule has 11 nitrogen and oxygen atoms in total. The molecule has 2 heterocycles. The van der Waals surface area contributed by atoms with Crippen LogP contribution in [-0.4, -0.2) is 73.4 Å². The van der Waals surface area contributed by atoms with Crippen LogP contribution >= 0.6 is 0 Å². The topological polar surface area (TPSA) is 140 Å². The Morgan fingerprint density at radius 2 is 1.93 bits per heavy atom. The third-order valence-corrected chi connectivity index (χ3v) is 6.47. The summed E-state index contributed by atoms with van der Waals surface area (Å²) in [5, 5.41) is 11.8. The molecule has 12 heteroatoms. The van der Waals surface area contributed by atoms with Crippen LogP contribution in [0, 0.1) is 0 Å². The van der Waals surface area contributed by atoms with Crippen molar-refractivity contribution in [3.8, 4) is 0 Å². The standard InChI is InChI=1S/C18H25N7O4S/c1-24(2)30(28,29)14-8-6-7-13(11-14)16(27)19-12-15(26)20-17-21-18(23-22-17)25-9-4-3-5-10-25/h6-8,11H,3-5,9-10,12H2,1-2H3,(H,19,27)(H2,20,21,22,23,26). The predicted octanol–water partition coefficient (Wildman–Crippen LogP) is 0.414. The number of aromatic amines is 1. The summed E-state index contributed by atoms with van der Waals surface area (Å²) in [5.41, 5.74) is 0.137. The number of benzene rings is 1. The van der Waals surface area contributed by atoms with E-state index in [1.54, 1.807) is 0 Å². The normalized spacial score (nSPS) is 14.6. The van der Waals surface area contributed by atoms with Gasteiger partial charge >= 0.3 is 0 Å². The Kier molecular flexibility index (Phi) is 6.67. The van der Waals surface area contributed by atoms with Crippen LogP contribution in [0.15, 0.2) is 29.2 Å². The molecule has 0 unspecified atom stereocenters. The highest BCUT2D eigenvalue weighted by Gasteiger charge is 2.19. The number of carbonyl (C=O) groups excluding carboxylic acids is 2. The quantitative estimate of drug-likeness (QED) is 0.572. The molecule has 1 aliphatic rings. The molecule has 0 aliphatic carbocycles. The van der Waals surface area contributed by atoms with Gasteiger partial charge in [0.25, 0.3) is 5.91 Å². The number of sulfonamides is 1. The molecule has 1 fully saturated rings. The van der Waals surface area contributed by atoms with E-state index in [9.17, 15) is 18.0 Å². The largest absolute Gasteiger partial charge is 0.343 e. The Bertz CT molecular complexity index is 1010. The molecule has 0 radical (unpaired) electrons. The van der Waals surface area contributed by atoms with Gasteiger partial charge in [0.2, 0.25) is 27.8 Å². The van der Waals surface area contributed by atoms with Crippen molar-refractivity contribution in [3.63, 3.8) is 0 Å². The van der Waals surface area contributed by atoms with Gasteiger partial charge in [0.15, 0.2) is 0 Å². The lowest BCUT2D eigenvalue weighted by Crippen LogP contribution is -2.33. The molecule has 2 amide bonds. The minimum absolute atomic E-state index is 0.00324. The molecule has 3 N–H and O–H groups in total. The molecule has 0 atom stereocenters. The first-order valence-corrected chi connectivity index (χ1v) is 11.0. The molecule has 1 aromatic carbocycles. The highest BCUT2D eigenvalue weighted by Crippen LogP contribution is 2.16. The van der Waals surface area contributed by atoms with E-state index in [4.69, 9.17) is 0 Å². The Hall–Kier alpha value is -2.99. The van der Waals surface area contributed by atoms with Gasteiger partial charge in [0, 0.05) is 32.7 Å². The highest BCUT2D eigenvalue weighted by atomic mass is 32.2. The molecule has 0 bridgehead atoms. The number of nitrogens with one attached hydrogen (secondary N) is 3. The number of aromatic nitrogens is 3.